The van der Waals surface area contributed by atoms with Gasteiger partial charge in [0.25, 0.3) is 23.5 Å². The quantitative estimate of drug-likeness (QED) is 0.167. The molecule has 328 valence electrons. The van der Waals surface area contributed by atoms with Gasteiger partial charge in [-0.25, -0.2) is 9.98 Å². The van der Waals surface area contributed by atoms with Crippen molar-refractivity contribution in [2.75, 3.05) is 40.5 Å². The first kappa shape index (κ1) is 44.2. The third-order valence-electron chi connectivity index (χ3n) is 12.1. The maximum absolute atomic E-state index is 13.4. The number of hydrogen-bond acceptors (Lipinski definition) is 14. The lowest BCUT2D eigenvalue weighted by molar-refractivity contribution is -0.139. The van der Waals surface area contributed by atoms with Gasteiger partial charge in [0.05, 0.1) is 13.2 Å². The Morgan fingerprint density at radius 3 is 1.73 bits per heavy atom. The molecule has 0 radical (unpaired) electrons. The molecule has 6 aliphatic heterocycles. The Labute approximate surface area is 377 Å². The van der Waals surface area contributed by atoms with Gasteiger partial charge in [-0.15, -0.1) is 9.97 Å². The molecule has 20 heteroatoms. The first-order chi connectivity index (χ1) is 30.7. The largest absolute Gasteiger partial charge is 0.533 e. The zero-order valence-electron chi connectivity index (χ0n) is 35.0. The van der Waals surface area contributed by atoms with Crippen LogP contribution in [-0.4, -0.2) is 112 Å². The summed E-state index contributed by atoms with van der Waals surface area (Å²) in [5.41, 5.74) is 11.7. The van der Waals surface area contributed by atoms with E-state index in [1.807, 2.05) is 42.5 Å². The lowest BCUT2D eigenvalue weighted by atomic mass is 9.74. The van der Waals surface area contributed by atoms with Crippen molar-refractivity contribution in [3.63, 3.8) is 0 Å². The number of aromatic nitrogens is 2. The smallest absolute Gasteiger partial charge is 0.484 e. The Morgan fingerprint density at radius 1 is 0.734 bits per heavy atom. The SMILES string of the molecule is CN1C(=O)C2(CC3(CCCOC3)Oc3ccc(Br)cc32)N=C1N.[C-]#[N+]c1cccc(-c2ccc3c(c2)C2(CC4(CCCOC4)O3)N=C(N)N(C)C2=O)n1.[C-]#[N+]c1cccc(B(O)O)n1. The second-order valence-electron chi connectivity index (χ2n) is 16.4. The van der Waals surface area contributed by atoms with Crippen LogP contribution < -0.4 is 26.5 Å². The van der Waals surface area contributed by atoms with Crippen molar-refractivity contribution in [2.45, 2.75) is 60.8 Å². The summed E-state index contributed by atoms with van der Waals surface area (Å²) < 4.78 is 25.0. The molecule has 6 aliphatic rings. The molecule has 4 aromatic rings. The highest BCUT2D eigenvalue weighted by molar-refractivity contribution is 9.10. The molecular weight excluding hydrogens is 887 g/mol. The second kappa shape index (κ2) is 17.3. The van der Waals surface area contributed by atoms with Crippen molar-refractivity contribution in [3.05, 3.63) is 111 Å². The number of rotatable bonds is 2. The number of nitrogens with zero attached hydrogens (tertiary/aromatic N) is 8. The van der Waals surface area contributed by atoms with E-state index in [4.69, 9.17) is 53.6 Å². The maximum Gasteiger partial charge on any atom is 0.533 e. The lowest BCUT2D eigenvalue weighted by Gasteiger charge is -2.46. The molecule has 0 aliphatic carbocycles. The fourth-order valence-corrected chi connectivity index (χ4v) is 9.40. The molecule has 2 aromatic carbocycles. The number of ether oxygens (including phenoxy) is 4. The summed E-state index contributed by atoms with van der Waals surface area (Å²) >= 11 is 3.47. The molecular formula is C44H44BBrN10O8. The zero-order valence-corrected chi connectivity index (χ0v) is 36.6. The Hall–Kier alpha value is -6.42. The van der Waals surface area contributed by atoms with E-state index in [0.717, 1.165) is 47.9 Å². The number of amides is 2. The van der Waals surface area contributed by atoms with Gasteiger partial charge in [0.15, 0.2) is 34.3 Å². The number of halogens is 1. The average Bonchev–Trinajstić information content (AvgIpc) is 3.64. The molecule has 18 nitrogen and oxygen atoms in total. The van der Waals surface area contributed by atoms with Crippen molar-refractivity contribution in [1.82, 2.24) is 19.8 Å². The van der Waals surface area contributed by atoms with Gasteiger partial charge in [0.2, 0.25) is 0 Å². The molecule has 4 unspecified atom stereocenters. The monoisotopic (exact) mass is 930 g/mol. The molecule has 8 heterocycles. The molecule has 2 saturated heterocycles. The number of pyridine rings is 2. The zero-order chi connectivity index (χ0) is 45.4. The van der Waals surface area contributed by atoms with Crippen LogP contribution >= 0.6 is 15.9 Å². The van der Waals surface area contributed by atoms with E-state index < -0.39 is 29.4 Å². The van der Waals surface area contributed by atoms with Crippen molar-refractivity contribution in [2.24, 2.45) is 21.5 Å². The summed E-state index contributed by atoms with van der Waals surface area (Å²) in [7, 11) is 1.70. The van der Waals surface area contributed by atoms with Gasteiger partial charge in [-0.2, -0.15) is 0 Å². The Kier molecular flexibility index (Phi) is 11.9. The second-order valence-corrected chi connectivity index (χ2v) is 17.3. The first-order valence-corrected chi connectivity index (χ1v) is 21.3. The van der Waals surface area contributed by atoms with Crippen LogP contribution in [-0.2, 0) is 30.1 Å². The predicted octanol–water partition coefficient (Wildman–Crippen LogP) is 3.69. The highest BCUT2D eigenvalue weighted by Gasteiger charge is 2.60. The number of carbonyl (C=O) groups excluding carboxylic acids is 2. The molecule has 2 amide bonds. The fourth-order valence-electron chi connectivity index (χ4n) is 9.04. The minimum Gasteiger partial charge on any atom is -0.484 e. The molecule has 4 atom stereocenters. The van der Waals surface area contributed by atoms with Crippen LogP contribution in [0, 0.1) is 13.1 Å². The molecule has 0 bridgehead atoms. The van der Waals surface area contributed by atoms with Gasteiger partial charge < -0.3 is 50.2 Å². The van der Waals surface area contributed by atoms with Crippen molar-refractivity contribution >= 4 is 64.0 Å². The average molecular weight is 932 g/mol. The van der Waals surface area contributed by atoms with E-state index in [0.29, 0.717) is 61.2 Å². The third kappa shape index (κ3) is 8.03. The van der Waals surface area contributed by atoms with Crippen LogP contribution in [0.4, 0.5) is 11.6 Å². The number of fused-ring (bicyclic) bond motifs is 4. The number of guanidine groups is 2. The van der Waals surface area contributed by atoms with Crippen LogP contribution in [0.25, 0.3) is 20.9 Å². The number of hydrogen-bond donors (Lipinski definition) is 4. The molecule has 4 spiro atoms. The van der Waals surface area contributed by atoms with Crippen molar-refractivity contribution < 1.29 is 38.6 Å². The lowest BCUT2D eigenvalue weighted by Crippen LogP contribution is -2.55. The van der Waals surface area contributed by atoms with Gasteiger partial charge in [0, 0.05) is 61.3 Å². The van der Waals surface area contributed by atoms with Gasteiger partial charge in [0.1, 0.15) is 22.7 Å². The van der Waals surface area contributed by atoms with E-state index in [9.17, 15) is 9.59 Å². The summed E-state index contributed by atoms with van der Waals surface area (Å²) in [4.78, 5) is 53.0. The van der Waals surface area contributed by atoms with Crippen LogP contribution in [0.2, 0.25) is 0 Å². The number of nitrogens with two attached hydrogens (primary N) is 2. The van der Waals surface area contributed by atoms with Gasteiger partial charge in [-0.1, -0.05) is 41.2 Å². The van der Waals surface area contributed by atoms with Gasteiger partial charge in [-0.05, 0) is 86.3 Å². The molecule has 10 rings (SSSR count). The topological polar surface area (TPSA) is 229 Å². The van der Waals surface area contributed by atoms with Crippen molar-refractivity contribution in [3.8, 4) is 22.8 Å². The van der Waals surface area contributed by atoms with Crippen LogP contribution in [0.5, 0.6) is 11.5 Å². The highest BCUT2D eigenvalue weighted by atomic mass is 79.9. The summed E-state index contributed by atoms with van der Waals surface area (Å²) in [5, 5.41) is 17.3. The summed E-state index contributed by atoms with van der Waals surface area (Å²) in [5.74, 6) is 1.93. The van der Waals surface area contributed by atoms with E-state index >= 15 is 0 Å². The maximum atomic E-state index is 13.4. The van der Waals surface area contributed by atoms with E-state index in [2.05, 4.69) is 45.6 Å². The van der Waals surface area contributed by atoms with Crippen molar-refractivity contribution in [1.29, 1.82) is 0 Å². The Balaban J connectivity index is 0.000000145. The Morgan fingerprint density at radius 2 is 1.25 bits per heavy atom. The summed E-state index contributed by atoms with van der Waals surface area (Å²) in [6, 6.07) is 21.1. The predicted molar refractivity (Wildman–Crippen MR) is 239 cm³/mol. The standard InChI is InChI=1S/C22H21N5O3.C16H18BrN3O3.C6H5BN2O2/c1-24-18-6-3-5-16(25-18)14-7-8-17-15(11-14)22(19(28)27(2)20(23)26-22)12-21(30-17)9-4-10-29-13-21;1-20-13(21)16(19-14(20)18)8-15(5-2-6-22-9-15)23-12-4-3-10(17)7-11(12)16;1-8-6-4-2-3-5(9-6)7(10)11/h3,5-8,11H,4,9-10,12-13H2,2H3,(H2,23,26);3-4,7H,2,5-6,8-9H2,1H3,(H2,18,19);2-4,10-11H. The third-order valence-corrected chi connectivity index (χ3v) is 12.6. The minimum atomic E-state index is -1.60. The van der Waals surface area contributed by atoms with Gasteiger partial charge >= 0.3 is 7.12 Å². The Bertz CT molecular complexity index is 2660. The molecule has 2 aromatic heterocycles. The van der Waals surface area contributed by atoms with Gasteiger partial charge in [-0.3, -0.25) is 19.4 Å². The van der Waals surface area contributed by atoms with E-state index in [-0.39, 0.29) is 35.1 Å². The van der Waals surface area contributed by atoms with E-state index in [1.54, 1.807) is 32.3 Å². The van der Waals surface area contributed by atoms with Crippen LogP contribution in [0.1, 0.15) is 49.7 Å². The number of likely N-dealkylation sites (N-methyl/N-ethyl adjacent to an activating group) is 2. The number of carbonyl (C=O) groups is 2. The summed E-state index contributed by atoms with van der Waals surface area (Å²) in [6.45, 7) is 16.1. The van der Waals surface area contributed by atoms with Crippen LogP contribution in [0.15, 0.2) is 87.3 Å². The summed E-state index contributed by atoms with van der Waals surface area (Å²) in [6.07, 6.45) is 4.22. The molecule has 64 heavy (non-hydrogen) atoms. The minimum absolute atomic E-state index is 0.0958. The van der Waals surface area contributed by atoms with Crippen LogP contribution in [0.3, 0.4) is 0 Å². The number of aliphatic imine (C=N–C) groups is 2. The number of benzene rings is 2. The van der Waals surface area contributed by atoms with E-state index in [1.165, 1.54) is 21.9 Å². The fraction of sp³-hybridized carbons (Fsp3) is 0.364. The molecule has 2 fully saturated rings. The normalized spacial score (nSPS) is 26.2. The first-order valence-electron chi connectivity index (χ1n) is 20.5. The highest BCUT2D eigenvalue weighted by Crippen LogP contribution is 2.53. The molecule has 6 N–H and O–H groups in total. The molecule has 0 saturated carbocycles.